The van der Waals surface area contributed by atoms with Gasteiger partial charge in [0.2, 0.25) is 6.29 Å². The van der Waals surface area contributed by atoms with Gasteiger partial charge in [-0.2, -0.15) is 0 Å². The van der Waals surface area contributed by atoms with Gasteiger partial charge in [0.25, 0.3) is 0 Å². The molecule has 14 heavy (non-hydrogen) atoms. The van der Waals surface area contributed by atoms with E-state index in [9.17, 15) is 0 Å². The first-order valence-electron chi connectivity index (χ1n) is 4.55. The molecule has 1 aromatic rings. The highest BCUT2D eigenvalue weighted by Crippen LogP contribution is 2.29. The van der Waals surface area contributed by atoms with Crippen LogP contribution in [-0.2, 0) is 4.74 Å². The summed E-state index contributed by atoms with van der Waals surface area (Å²) < 4.78 is 10.9. The summed E-state index contributed by atoms with van der Waals surface area (Å²) in [5.41, 5.74) is 1.03. The number of rotatable bonds is 2. The van der Waals surface area contributed by atoms with Crippen LogP contribution < -0.4 is 4.74 Å². The van der Waals surface area contributed by atoms with Crippen molar-refractivity contribution in [3.8, 4) is 5.75 Å². The van der Waals surface area contributed by atoms with Gasteiger partial charge in [-0.15, -0.1) is 0 Å². The van der Waals surface area contributed by atoms with Crippen LogP contribution in [-0.4, -0.2) is 12.9 Å². The van der Waals surface area contributed by atoms with Gasteiger partial charge in [-0.05, 0) is 37.3 Å². The highest BCUT2D eigenvalue weighted by atomic mass is 35.5. The lowest BCUT2D eigenvalue weighted by atomic mass is 10.1. The summed E-state index contributed by atoms with van der Waals surface area (Å²) in [6.07, 6.45) is 3.58. The largest absolute Gasteiger partial charge is 0.461 e. The summed E-state index contributed by atoms with van der Waals surface area (Å²) in [6.45, 7) is 2.57. The summed E-state index contributed by atoms with van der Waals surface area (Å²) >= 11 is 5.86. The molecule has 1 aromatic carbocycles. The molecule has 1 aliphatic heterocycles. The number of hydrogen-bond acceptors (Lipinski definition) is 2. The Morgan fingerprint density at radius 2 is 2.36 bits per heavy atom. The quantitative estimate of drug-likeness (QED) is 0.747. The van der Waals surface area contributed by atoms with E-state index in [1.165, 1.54) is 0 Å². The van der Waals surface area contributed by atoms with Gasteiger partial charge in [-0.1, -0.05) is 11.6 Å². The van der Waals surface area contributed by atoms with Crippen molar-refractivity contribution in [2.75, 3.05) is 6.61 Å². The molecule has 0 radical (unpaired) electrons. The van der Waals surface area contributed by atoms with Crippen molar-refractivity contribution < 1.29 is 9.47 Å². The van der Waals surface area contributed by atoms with Gasteiger partial charge < -0.3 is 9.47 Å². The fraction of sp³-hybridized carbons (Fsp3) is 0.273. The minimum Gasteiger partial charge on any atom is -0.461 e. The molecule has 0 fully saturated rings. The van der Waals surface area contributed by atoms with Crippen LogP contribution in [0.15, 0.2) is 24.3 Å². The van der Waals surface area contributed by atoms with Gasteiger partial charge in [0, 0.05) is 17.2 Å². The van der Waals surface area contributed by atoms with Crippen LogP contribution in [0.2, 0.25) is 5.02 Å². The van der Waals surface area contributed by atoms with Crippen LogP contribution in [0, 0.1) is 0 Å². The summed E-state index contributed by atoms with van der Waals surface area (Å²) in [5, 5.41) is 0.675. The Morgan fingerprint density at radius 1 is 1.50 bits per heavy atom. The van der Waals surface area contributed by atoms with E-state index in [0.29, 0.717) is 11.6 Å². The third kappa shape index (κ3) is 1.91. The van der Waals surface area contributed by atoms with Crippen molar-refractivity contribution >= 4 is 17.7 Å². The van der Waals surface area contributed by atoms with Gasteiger partial charge in [-0.25, -0.2) is 0 Å². The van der Waals surface area contributed by atoms with Crippen LogP contribution in [0.4, 0.5) is 0 Å². The molecule has 0 amide bonds. The van der Waals surface area contributed by atoms with Crippen LogP contribution in [0.25, 0.3) is 6.08 Å². The lowest BCUT2D eigenvalue weighted by molar-refractivity contribution is -0.0414. The van der Waals surface area contributed by atoms with Gasteiger partial charge in [0.05, 0.1) is 0 Å². The molecule has 1 atom stereocenters. The molecule has 1 heterocycles. The smallest absolute Gasteiger partial charge is 0.220 e. The molecule has 0 N–H and O–H groups in total. The monoisotopic (exact) mass is 210 g/mol. The predicted molar refractivity (Wildman–Crippen MR) is 56.5 cm³/mol. The molecule has 2 nitrogen and oxygen atoms in total. The van der Waals surface area contributed by atoms with Crippen molar-refractivity contribution in [3.63, 3.8) is 0 Å². The Hall–Kier alpha value is -0.990. The van der Waals surface area contributed by atoms with Crippen molar-refractivity contribution in [2.45, 2.75) is 13.2 Å². The minimum absolute atomic E-state index is 0.286. The number of halogens is 1. The van der Waals surface area contributed by atoms with E-state index >= 15 is 0 Å². The average molecular weight is 211 g/mol. The van der Waals surface area contributed by atoms with Crippen molar-refractivity contribution in [2.24, 2.45) is 0 Å². The fourth-order valence-electron chi connectivity index (χ4n) is 1.35. The van der Waals surface area contributed by atoms with Crippen LogP contribution in [0.3, 0.4) is 0 Å². The first-order valence-corrected chi connectivity index (χ1v) is 4.93. The van der Waals surface area contributed by atoms with Crippen LogP contribution >= 0.6 is 11.6 Å². The highest BCUT2D eigenvalue weighted by Gasteiger charge is 2.14. The summed E-state index contributed by atoms with van der Waals surface area (Å²) in [7, 11) is 0. The molecule has 1 aliphatic rings. The fourth-order valence-corrected chi connectivity index (χ4v) is 1.51. The van der Waals surface area contributed by atoms with Gasteiger partial charge in [0.1, 0.15) is 5.75 Å². The molecule has 0 aromatic heterocycles. The molecular formula is C11H11ClO2. The Bertz CT molecular complexity index is 360. The molecule has 0 saturated carbocycles. The third-order valence-corrected chi connectivity index (χ3v) is 2.22. The molecule has 74 valence electrons. The molecule has 3 heteroatoms. The van der Waals surface area contributed by atoms with E-state index in [1.54, 1.807) is 6.07 Å². The second-order valence-corrected chi connectivity index (χ2v) is 3.42. The summed E-state index contributed by atoms with van der Waals surface area (Å²) in [5.74, 6) is 0.776. The average Bonchev–Trinajstić information content (AvgIpc) is 2.17. The number of fused-ring (bicyclic) bond motifs is 1. The van der Waals surface area contributed by atoms with Crippen molar-refractivity contribution in [1.29, 1.82) is 0 Å². The molecule has 0 unspecified atom stereocenters. The molecular weight excluding hydrogens is 200 g/mol. The number of ether oxygens (including phenoxy) is 2. The maximum atomic E-state index is 5.86. The Balaban J connectivity index is 2.23. The Kier molecular flexibility index (Phi) is 2.75. The minimum atomic E-state index is -0.286. The van der Waals surface area contributed by atoms with Crippen molar-refractivity contribution in [1.82, 2.24) is 0 Å². The van der Waals surface area contributed by atoms with Gasteiger partial charge >= 0.3 is 0 Å². The topological polar surface area (TPSA) is 18.5 Å². The zero-order valence-corrected chi connectivity index (χ0v) is 8.62. The highest BCUT2D eigenvalue weighted by molar-refractivity contribution is 6.30. The summed E-state index contributed by atoms with van der Waals surface area (Å²) in [4.78, 5) is 0. The Morgan fingerprint density at radius 3 is 3.14 bits per heavy atom. The van der Waals surface area contributed by atoms with E-state index in [-0.39, 0.29) is 6.29 Å². The molecule has 0 spiro atoms. The molecule has 0 saturated heterocycles. The van der Waals surface area contributed by atoms with E-state index in [2.05, 4.69) is 0 Å². The number of hydrogen-bond donors (Lipinski definition) is 0. The lowest BCUT2D eigenvalue weighted by Crippen LogP contribution is -2.20. The van der Waals surface area contributed by atoms with Crippen molar-refractivity contribution in [3.05, 3.63) is 34.9 Å². The van der Waals surface area contributed by atoms with Crippen LogP contribution in [0.5, 0.6) is 5.75 Å². The SMILES string of the molecule is CCO[C@H]1C=Cc2ccc(Cl)cc2O1. The molecule has 0 bridgehead atoms. The van der Waals surface area contributed by atoms with E-state index in [0.717, 1.165) is 11.3 Å². The second-order valence-electron chi connectivity index (χ2n) is 2.98. The normalized spacial score (nSPS) is 18.9. The summed E-state index contributed by atoms with van der Waals surface area (Å²) in [6, 6.07) is 5.57. The van der Waals surface area contributed by atoms with Gasteiger partial charge in [0.15, 0.2) is 0 Å². The second kappa shape index (κ2) is 4.03. The first-order chi connectivity index (χ1) is 6.79. The molecule has 2 rings (SSSR count). The number of benzene rings is 1. The van der Waals surface area contributed by atoms with E-state index < -0.39 is 0 Å². The lowest BCUT2D eigenvalue weighted by Gasteiger charge is -2.20. The van der Waals surface area contributed by atoms with Crippen LogP contribution in [0.1, 0.15) is 12.5 Å². The zero-order chi connectivity index (χ0) is 9.97. The standard InChI is InChI=1S/C11H11ClO2/c1-2-13-11-6-4-8-3-5-9(12)7-10(8)14-11/h3-7,11H,2H2,1H3/t11-/m1/s1. The van der Waals surface area contributed by atoms with E-state index in [1.807, 2.05) is 31.2 Å². The van der Waals surface area contributed by atoms with E-state index in [4.69, 9.17) is 21.1 Å². The molecule has 0 aliphatic carbocycles. The first kappa shape index (κ1) is 9.56. The predicted octanol–water partition coefficient (Wildman–Crippen LogP) is 3.11. The van der Waals surface area contributed by atoms with Gasteiger partial charge in [-0.3, -0.25) is 0 Å². The Labute approximate surface area is 88.1 Å². The third-order valence-electron chi connectivity index (χ3n) is 1.98. The zero-order valence-electron chi connectivity index (χ0n) is 7.87. The maximum Gasteiger partial charge on any atom is 0.220 e. The maximum absolute atomic E-state index is 5.86.